The fourth-order valence-corrected chi connectivity index (χ4v) is 1.93. The third-order valence-corrected chi connectivity index (χ3v) is 2.71. The van der Waals surface area contributed by atoms with Gasteiger partial charge in [-0.15, -0.1) is 10.2 Å². The summed E-state index contributed by atoms with van der Waals surface area (Å²) in [6.07, 6.45) is 0. The van der Waals surface area contributed by atoms with Gasteiger partial charge in [0.05, 0.1) is 11.0 Å². The number of rotatable bonds is 0. The Balaban J connectivity index is 2.64. The summed E-state index contributed by atoms with van der Waals surface area (Å²) in [6, 6.07) is 5.43. The highest BCUT2D eigenvalue weighted by Gasteiger charge is 2.10. The predicted molar refractivity (Wildman–Crippen MR) is 62.4 cm³/mol. The molecule has 0 fully saturated rings. The molecular weight excluding hydrogens is 226 g/mol. The summed E-state index contributed by atoms with van der Waals surface area (Å²) in [4.78, 5) is 4.25. The molecule has 5 nitrogen and oxygen atoms in total. The zero-order valence-corrected chi connectivity index (χ0v) is 9.23. The van der Waals surface area contributed by atoms with E-state index in [1.54, 1.807) is 6.07 Å². The molecule has 6 heteroatoms. The quantitative estimate of drug-likeness (QED) is 0.643. The molecule has 2 aromatic heterocycles. The number of halogens is 1. The van der Waals surface area contributed by atoms with E-state index < -0.39 is 0 Å². The van der Waals surface area contributed by atoms with E-state index in [2.05, 4.69) is 15.2 Å². The van der Waals surface area contributed by atoms with Gasteiger partial charge in [0.2, 0.25) is 5.65 Å². The van der Waals surface area contributed by atoms with Crippen molar-refractivity contribution in [3.8, 4) is 0 Å². The van der Waals surface area contributed by atoms with Crippen LogP contribution in [0.4, 0.5) is 5.82 Å². The number of fused-ring (bicyclic) bond motifs is 3. The van der Waals surface area contributed by atoms with Gasteiger partial charge in [0.25, 0.3) is 0 Å². The highest BCUT2D eigenvalue weighted by Crippen LogP contribution is 2.22. The third kappa shape index (κ3) is 1.15. The molecule has 16 heavy (non-hydrogen) atoms. The Hall–Kier alpha value is -1.88. The number of benzene rings is 1. The maximum Gasteiger partial charge on any atom is 0.203 e. The van der Waals surface area contributed by atoms with Gasteiger partial charge in [-0.05, 0) is 25.1 Å². The van der Waals surface area contributed by atoms with Gasteiger partial charge in [-0.25, -0.2) is 4.98 Å². The number of nitrogens with two attached hydrogens (primary N) is 1. The Morgan fingerprint density at radius 1 is 1.31 bits per heavy atom. The SMILES string of the molecule is Cc1nnc2c(N)nc3ccc(Cl)cc3n12. The molecule has 0 amide bonds. The number of hydrogen-bond donors (Lipinski definition) is 1. The van der Waals surface area contributed by atoms with Crippen LogP contribution in [-0.4, -0.2) is 19.6 Å². The number of aryl methyl sites for hydroxylation is 1. The molecule has 3 rings (SSSR count). The summed E-state index contributed by atoms with van der Waals surface area (Å²) in [5.74, 6) is 1.13. The second-order valence-electron chi connectivity index (χ2n) is 3.54. The molecule has 0 aliphatic carbocycles. The molecule has 0 aliphatic rings. The minimum absolute atomic E-state index is 0.371. The molecule has 2 N–H and O–H groups in total. The van der Waals surface area contributed by atoms with Gasteiger partial charge < -0.3 is 5.73 Å². The van der Waals surface area contributed by atoms with E-state index in [9.17, 15) is 0 Å². The van der Waals surface area contributed by atoms with Gasteiger partial charge in [-0.2, -0.15) is 0 Å². The van der Waals surface area contributed by atoms with Crippen molar-refractivity contribution in [1.82, 2.24) is 19.6 Å². The molecule has 0 saturated carbocycles. The summed E-state index contributed by atoms with van der Waals surface area (Å²) in [7, 11) is 0. The van der Waals surface area contributed by atoms with Crippen molar-refractivity contribution in [2.45, 2.75) is 6.92 Å². The first kappa shape index (κ1) is 9.35. The summed E-state index contributed by atoms with van der Waals surface area (Å²) in [6.45, 7) is 1.86. The van der Waals surface area contributed by atoms with Crippen molar-refractivity contribution in [2.75, 3.05) is 5.73 Å². The monoisotopic (exact) mass is 233 g/mol. The fraction of sp³-hybridized carbons (Fsp3) is 0.100. The van der Waals surface area contributed by atoms with Crippen molar-refractivity contribution in [1.29, 1.82) is 0 Å². The minimum atomic E-state index is 0.371. The van der Waals surface area contributed by atoms with Gasteiger partial charge >= 0.3 is 0 Å². The zero-order valence-electron chi connectivity index (χ0n) is 8.48. The Bertz CT molecular complexity index is 703. The first-order valence-corrected chi connectivity index (χ1v) is 5.11. The van der Waals surface area contributed by atoms with E-state index in [1.807, 2.05) is 23.5 Å². The molecule has 0 spiro atoms. The maximum absolute atomic E-state index is 5.97. The zero-order chi connectivity index (χ0) is 11.3. The van der Waals surface area contributed by atoms with Gasteiger partial charge in [-0.1, -0.05) is 11.6 Å². The van der Waals surface area contributed by atoms with Gasteiger partial charge in [0.1, 0.15) is 5.82 Å². The molecule has 0 radical (unpaired) electrons. The molecule has 0 saturated heterocycles. The molecule has 80 valence electrons. The smallest absolute Gasteiger partial charge is 0.203 e. The summed E-state index contributed by atoms with van der Waals surface area (Å²) >= 11 is 5.97. The van der Waals surface area contributed by atoms with Crippen LogP contribution in [-0.2, 0) is 0 Å². The van der Waals surface area contributed by atoms with Crippen molar-refractivity contribution in [3.05, 3.63) is 29.0 Å². The largest absolute Gasteiger partial charge is 0.381 e. The number of aromatic nitrogens is 4. The van der Waals surface area contributed by atoms with Crippen molar-refractivity contribution >= 4 is 34.1 Å². The van der Waals surface area contributed by atoms with Crippen LogP contribution >= 0.6 is 11.6 Å². The van der Waals surface area contributed by atoms with Crippen molar-refractivity contribution in [3.63, 3.8) is 0 Å². The lowest BCUT2D eigenvalue weighted by Crippen LogP contribution is -1.99. The molecule has 2 heterocycles. The van der Waals surface area contributed by atoms with Crippen LogP contribution in [0.3, 0.4) is 0 Å². The first-order valence-electron chi connectivity index (χ1n) is 4.73. The standard InChI is InChI=1S/C10H8ClN5/c1-5-14-15-10-9(12)13-7-3-2-6(11)4-8(7)16(5)10/h2-4H,1H3,(H2,12,13). The number of nitrogens with zero attached hydrogens (tertiary/aromatic N) is 4. The fourth-order valence-electron chi connectivity index (χ4n) is 1.77. The summed E-state index contributed by atoms with van der Waals surface area (Å²) < 4.78 is 1.85. The van der Waals surface area contributed by atoms with Crippen LogP contribution in [0, 0.1) is 6.92 Å². The van der Waals surface area contributed by atoms with E-state index in [-0.39, 0.29) is 0 Å². The Morgan fingerprint density at radius 2 is 2.12 bits per heavy atom. The molecule has 3 aromatic rings. The predicted octanol–water partition coefficient (Wildman–Crippen LogP) is 1.82. The maximum atomic E-state index is 5.97. The van der Waals surface area contributed by atoms with E-state index >= 15 is 0 Å². The molecule has 0 unspecified atom stereocenters. The lowest BCUT2D eigenvalue weighted by molar-refractivity contribution is 1.02. The molecular formula is C10H8ClN5. The van der Waals surface area contributed by atoms with Gasteiger partial charge in [0.15, 0.2) is 5.82 Å². The summed E-state index contributed by atoms with van der Waals surface area (Å²) in [5.41, 5.74) is 8.00. The third-order valence-electron chi connectivity index (χ3n) is 2.47. The van der Waals surface area contributed by atoms with E-state index in [0.717, 1.165) is 16.9 Å². The van der Waals surface area contributed by atoms with E-state index in [4.69, 9.17) is 17.3 Å². The highest BCUT2D eigenvalue weighted by atomic mass is 35.5. The average Bonchev–Trinajstić information content (AvgIpc) is 2.63. The second kappa shape index (κ2) is 3.05. The molecule has 0 aliphatic heterocycles. The first-order chi connectivity index (χ1) is 7.66. The average molecular weight is 234 g/mol. The Kier molecular flexibility index (Phi) is 1.79. The van der Waals surface area contributed by atoms with Gasteiger partial charge in [0, 0.05) is 5.02 Å². The Labute approximate surface area is 95.9 Å². The molecule has 0 bridgehead atoms. The van der Waals surface area contributed by atoms with Crippen molar-refractivity contribution in [2.24, 2.45) is 0 Å². The van der Waals surface area contributed by atoms with Crippen molar-refractivity contribution < 1.29 is 0 Å². The molecule has 1 aromatic carbocycles. The lowest BCUT2D eigenvalue weighted by Gasteiger charge is -2.04. The van der Waals surface area contributed by atoms with E-state index in [0.29, 0.717) is 16.5 Å². The van der Waals surface area contributed by atoms with Crippen LogP contribution in [0.2, 0.25) is 5.02 Å². The second-order valence-corrected chi connectivity index (χ2v) is 3.97. The normalized spacial score (nSPS) is 11.4. The lowest BCUT2D eigenvalue weighted by atomic mass is 10.3. The van der Waals surface area contributed by atoms with Crippen LogP contribution in [0.15, 0.2) is 18.2 Å². The number of anilines is 1. The molecule has 0 atom stereocenters. The van der Waals surface area contributed by atoms with E-state index in [1.165, 1.54) is 0 Å². The summed E-state index contributed by atoms with van der Waals surface area (Å²) in [5, 5.41) is 8.61. The van der Waals surface area contributed by atoms with Crippen LogP contribution in [0.1, 0.15) is 5.82 Å². The van der Waals surface area contributed by atoms with Crippen LogP contribution in [0.5, 0.6) is 0 Å². The highest BCUT2D eigenvalue weighted by molar-refractivity contribution is 6.31. The van der Waals surface area contributed by atoms with Crippen LogP contribution in [0.25, 0.3) is 16.7 Å². The number of hydrogen-bond acceptors (Lipinski definition) is 4. The van der Waals surface area contributed by atoms with Crippen LogP contribution < -0.4 is 5.73 Å². The Morgan fingerprint density at radius 3 is 2.94 bits per heavy atom. The van der Waals surface area contributed by atoms with Gasteiger partial charge in [-0.3, -0.25) is 4.40 Å². The minimum Gasteiger partial charge on any atom is -0.381 e. The topological polar surface area (TPSA) is 69.1 Å². The number of nitrogen functional groups attached to an aromatic ring is 1.